The number of aromatic nitrogens is 1. The number of rotatable bonds is 7. The molecule has 2 heterocycles. The first-order valence-electron chi connectivity index (χ1n) is 8.32. The van der Waals surface area contributed by atoms with Gasteiger partial charge in [-0.05, 0) is 36.1 Å². The fourth-order valence-electron chi connectivity index (χ4n) is 2.92. The summed E-state index contributed by atoms with van der Waals surface area (Å²) in [6.45, 7) is 0.405. The van der Waals surface area contributed by atoms with Crippen LogP contribution in [0.1, 0.15) is 29.5 Å². The molecule has 0 fully saturated rings. The van der Waals surface area contributed by atoms with Crippen LogP contribution in [-0.2, 0) is 29.0 Å². The summed E-state index contributed by atoms with van der Waals surface area (Å²) in [4.78, 5) is 27.5. The van der Waals surface area contributed by atoms with Crippen molar-refractivity contribution in [2.24, 2.45) is 0 Å². The van der Waals surface area contributed by atoms with Gasteiger partial charge in [0.2, 0.25) is 17.7 Å². The minimum atomic E-state index is 0.00362. The first kappa shape index (κ1) is 17.0. The molecule has 130 valence electrons. The van der Waals surface area contributed by atoms with E-state index in [9.17, 15) is 9.59 Å². The lowest BCUT2D eigenvalue weighted by Gasteiger charge is -2.09. The lowest BCUT2D eigenvalue weighted by atomic mass is 10.0. The van der Waals surface area contributed by atoms with Crippen molar-refractivity contribution in [3.63, 3.8) is 0 Å². The summed E-state index contributed by atoms with van der Waals surface area (Å²) < 4.78 is 5.17. The minimum absolute atomic E-state index is 0.00362. The van der Waals surface area contributed by atoms with Crippen LogP contribution in [0, 0.1) is 0 Å². The Morgan fingerprint density at radius 3 is 3.08 bits per heavy atom. The number of pyridine rings is 1. The normalized spacial score (nSPS) is 12.4. The average molecular weight is 339 g/mol. The van der Waals surface area contributed by atoms with Crippen molar-refractivity contribution >= 4 is 17.5 Å². The molecule has 1 aromatic heterocycles. The molecule has 1 aliphatic heterocycles. The molecule has 3 rings (SSSR count). The molecule has 0 unspecified atom stereocenters. The maximum absolute atomic E-state index is 12.0. The van der Waals surface area contributed by atoms with Crippen LogP contribution in [-0.4, -0.2) is 23.9 Å². The molecule has 0 spiro atoms. The van der Waals surface area contributed by atoms with E-state index in [2.05, 4.69) is 15.6 Å². The number of amides is 2. The Morgan fingerprint density at radius 1 is 1.36 bits per heavy atom. The highest BCUT2D eigenvalue weighted by atomic mass is 16.5. The van der Waals surface area contributed by atoms with Gasteiger partial charge >= 0.3 is 0 Å². The quantitative estimate of drug-likeness (QED) is 0.810. The van der Waals surface area contributed by atoms with Crippen molar-refractivity contribution in [2.45, 2.75) is 32.2 Å². The van der Waals surface area contributed by atoms with E-state index in [-0.39, 0.29) is 11.8 Å². The molecule has 0 aliphatic carbocycles. The molecule has 6 heteroatoms. The third-order valence-electron chi connectivity index (χ3n) is 4.18. The Kier molecular flexibility index (Phi) is 5.28. The van der Waals surface area contributed by atoms with Crippen molar-refractivity contribution in [1.82, 2.24) is 10.3 Å². The largest absolute Gasteiger partial charge is 0.481 e. The summed E-state index contributed by atoms with van der Waals surface area (Å²) in [7, 11) is 1.56. The smallest absolute Gasteiger partial charge is 0.228 e. The summed E-state index contributed by atoms with van der Waals surface area (Å²) in [6, 6.07) is 9.68. The number of hydrogen-bond acceptors (Lipinski definition) is 4. The van der Waals surface area contributed by atoms with E-state index in [1.807, 2.05) is 30.3 Å². The van der Waals surface area contributed by atoms with E-state index >= 15 is 0 Å². The number of ether oxygens (including phenoxy) is 1. The SMILES string of the molecule is COc1ncccc1CNC(=O)CCCc1ccc2c(c1)CC(=O)N2. The molecule has 6 nitrogen and oxygen atoms in total. The fourth-order valence-corrected chi connectivity index (χ4v) is 2.92. The van der Waals surface area contributed by atoms with Gasteiger partial charge in [0, 0.05) is 30.4 Å². The third kappa shape index (κ3) is 4.35. The van der Waals surface area contributed by atoms with E-state index in [4.69, 9.17) is 4.74 Å². The van der Waals surface area contributed by atoms with E-state index in [0.717, 1.165) is 35.2 Å². The molecule has 2 amide bonds. The monoisotopic (exact) mass is 339 g/mol. The molecular weight excluding hydrogens is 318 g/mol. The van der Waals surface area contributed by atoms with E-state index in [1.165, 1.54) is 0 Å². The lowest BCUT2D eigenvalue weighted by Crippen LogP contribution is -2.22. The zero-order valence-electron chi connectivity index (χ0n) is 14.2. The van der Waals surface area contributed by atoms with Crippen molar-refractivity contribution in [2.75, 3.05) is 12.4 Å². The zero-order valence-corrected chi connectivity index (χ0v) is 14.2. The summed E-state index contributed by atoms with van der Waals surface area (Å²) in [5.74, 6) is 0.574. The van der Waals surface area contributed by atoms with Crippen LogP contribution in [0.25, 0.3) is 0 Å². The van der Waals surface area contributed by atoms with Gasteiger partial charge in [-0.25, -0.2) is 4.98 Å². The number of hydrogen-bond donors (Lipinski definition) is 2. The topological polar surface area (TPSA) is 80.3 Å². The van der Waals surface area contributed by atoms with E-state index < -0.39 is 0 Å². The molecular formula is C19H21N3O3. The van der Waals surface area contributed by atoms with E-state index in [1.54, 1.807) is 13.3 Å². The molecule has 0 saturated heterocycles. The van der Waals surface area contributed by atoms with Crippen molar-refractivity contribution in [3.05, 3.63) is 53.2 Å². The standard InChI is InChI=1S/C19H21N3O3/c1-25-19-14(5-3-9-20-19)12-21-17(23)6-2-4-13-7-8-16-15(10-13)11-18(24)22-16/h3,5,7-10H,2,4,6,11-12H2,1H3,(H,21,23)(H,22,24). The Morgan fingerprint density at radius 2 is 2.24 bits per heavy atom. The van der Waals surface area contributed by atoms with Gasteiger partial charge in [-0.1, -0.05) is 18.2 Å². The molecule has 0 radical (unpaired) electrons. The van der Waals surface area contributed by atoms with Gasteiger partial charge in [-0.3, -0.25) is 9.59 Å². The molecule has 1 aromatic carbocycles. The number of fused-ring (bicyclic) bond motifs is 1. The Balaban J connectivity index is 1.44. The molecule has 1 aliphatic rings. The Bertz CT molecular complexity index is 789. The predicted molar refractivity (Wildman–Crippen MR) is 94.3 cm³/mol. The van der Waals surface area contributed by atoms with Crippen LogP contribution in [0.4, 0.5) is 5.69 Å². The molecule has 0 bridgehead atoms. The summed E-state index contributed by atoms with van der Waals surface area (Å²) in [5, 5.41) is 5.72. The van der Waals surface area contributed by atoms with Crippen LogP contribution >= 0.6 is 0 Å². The average Bonchev–Trinajstić information content (AvgIpc) is 2.99. The van der Waals surface area contributed by atoms with Crippen molar-refractivity contribution < 1.29 is 14.3 Å². The van der Waals surface area contributed by atoms with Gasteiger partial charge in [0.05, 0.1) is 13.5 Å². The van der Waals surface area contributed by atoms with Crippen LogP contribution in [0.15, 0.2) is 36.5 Å². The van der Waals surface area contributed by atoms with Gasteiger partial charge < -0.3 is 15.4 Å². The molecule has 0 atom stereocenters. The van der Waals surface area contributed by atoms with Crippen LogP contribution in [0.5, 0.6) is 5.88 Å². The second-order valence-corrected chi connectivity index (χ2v) is 6.02. The van der Waals surface area contributed by atoms with Gasteiger partial charge in [0.15, 0.2) is 0 Å². The second-order valence-electron chi connectivity index (χ2n) is 6.02. The van der Waals surface area contributed by atoms with Gasteiger partial charge in [-0.2, -0.15) is 0 Å². The van der Waals surface area contributed by atoms with Crippen LogP contribution in [0.2, 0.25) is 0 Å². The number of methoxy groups -OCH3 is 1. The van der Waals surface area contributed by atoms with Crippen molar-refractivity contribution in [1.29, 1.82) is 0 Å². The third-order valence-corrected chi connectivity index (χ3v) is 4.18. The molecule has 2 N–H and O–H groups in total. The lowest BCUT2D eigenvalue weighted by molar-refractivity contribution is -0.121. The zero-order chi connectivity index (χ0) is 17.6. The number of aryl methyl sites for hydroxylation is 1. The predicted octanol–water partition coefficient (Wildman–Crippen LogP) is 2.22. The first-order valence-corrected chi connectivity index (χ1v) is 8.32. The number of nitrogens with one attached hydrogen (secondary N) is 2. The van der Waals surface area contributed by atoms with Gasteiger partial charge in [-0.15, -0.1) is 0 Å². The number of carbonyl (C=O) groups excluding carboxylic acids is 2. The molecule has 0 saturated carbocycles. The first-order chi connectivity index (χ1) is 12.2. The summed E-state index contributed by atoms with van der Waals surface area (Å²) in [6.07, 6.45) is 4.12. The second kappa shape index (κ2) is 7.79. The van der Waals surface area contributed by atoms with Crippen LogP contribution < -0.4 is 15.4 Å². The minimum Gasteiger partial charge on any atom is -0.481 e. The summed E-state index contributed by atoms with van der Waals surface area (Å²) >= 11 is 0. The number of benzene rings is 1. The fraction of sp³-hybridized carbons (Fsp3) is 0.316. The number of carbonyl (C=O) groups is 2. The van der Waals surface area contributed by atoms with Crippen LogP contribution in [0.3, 0.4) is 0 Å². The molecule has 2 aromatic rings. The highest BCUT2D eigenvalue weighted by Gasteiger charge is 2.17. The van der Waals surface area contributed by atoms with Crippen molar-refractivity contribution in [3.8, 4) is 5.88 Å². The highest BCUT2D eigenvalue weighted by molar-refractivity contribution is 5.99. The van der Waals surface area contributed by atoms with E-state index in [0.29, 0.717) is 25.3 Å². The Labute approximate surface area is 146 Å². The number of nitrogens with zero attached hydrogens (tertiary/aromatic N) is 1. The number of anilines is 1. The maximum Gasteiger partial charge on any atom is 0.228 e. The summed E-state index contributed by atoms with van der Waals surface area (Å²) in [5.41, 5.74) is 3.94. The van der Waals surface area contributed by atoms with Gasteiger partial charge in [0.1, 0.15) is 0 Å². The maximum atomic E-state index is 12.0. The Hall–Kier alpha value is -2.89. The molecule has 25 heavy (non-hydrogen) atoms. The van der Waals surface area contributed by atoms with Gasteiger partial charge in [0.25, 0.3) is 0 Å². The highest BCUT2D eigenvalue weighted by Crippen LogP contribution is 2.24.